The van der Waals surface area contributed by atoms with E-state index in [2.05, 4.69) is 31.2 Å². The van der Waals surface area contributed by atoms with Gasteiger partial charge in [0.1, 0.15) is 0 Å². The minimum atomic E-state index is -0.367. The molecule has 1 aromatic heterocycles. The van der Waals surface area contributed by atoms with Crippen LogP contribution < -0.4 is 5.32 Å². The molecule has 16 heavy (non-hydrogen) atoms. The molecule has 0 spiro atoms. The summed E-state index contributed by atoms with van der Waals surface area (Å²) in [7, 11) is 1.91. The zero-order valence-corrected chi connectivity index (χ0v) is 10.9. The number of hydrogen-bond acceptors (Lipinski definition) is 3. The van der Waals surface area contributed by atoms with Crippen LogP contribution in [-0.2, 0) is 13.5 Å². The van der Waals surface area contributed by atoms with E-state index in [0.29, 0.717) is 13.0 Å². The van der Waals surface area contributed by atoms with Crippen LogP contribution in [0.3, 0.4) is 0 Å². The molecular formula is C12H23N3O. The monoisotopic (exact) mass is 225 g/mol. The molecule has 1 aromatic rings. The Bertz CT molecular complexity index is 339. The van der Waals surface area contributed by atoms with Crippen molar-refractivity contribution >= 4 is 0 Å². The van der Waals surface area contributed by atoms with E-state index in [1.165, 1.54) is 0 Å². The average Bonchev–Trinajstić information content (AvgIpc) is 2.41. The first-order chi connectivity index (χ1) is 7.28. The van der Waals surface area contributed by atoms with Gasteiger partial charge < -0.3 is 10.4 Å². The van der Waals surface area contributed by atoms with Gasteiger partial charge in [0.05, 0.1) is 11.8 Å². The summed E-state index contributed by atoms with van der Waals surface area (Å²) >= 11 is 0. The molecule has 0 aliphatic carbocycles. The standard InChI is InChI=1S/C12H23N3O/c1-9-6-10(15(5)14-9)7-11(16)8-13-12(2,3)4/h6,11,13,16H,7-8H2,1-5H3. The van der Waals surface area contributed by atoms with Crippen LogP contribution in [0.15, 0.2) is 6.07 Å². The number of aliphatic hydroxyl groups is 1. The summed E-state index contributed by atoms with van der Waals surface area (Å²) in [6, 6.07) is 2.01. The second-order valence-corrected chi connectivity index (χ2v) is 5.39. The van der Waals surface area contributed by atoms with Crippen LogP contribution in [0.5, 0.6) is 0 Å². The molecule has 0 aliphatic rings. The number of β-amino-alcohol motifs (C(OH)–C–C–N with tert-alkyl or cyclic N) is 1. The highest BCUT2D eigenvalue weighted by atomic mass is 16.3. The summed E-state index contributed by atoms with van der Waals surface area (Å²) < 4.78 is 1.83. The van der Waals surface area contributed by atoms with Crippen LogP contribution >= 0.6 is 0 Å². The number of aliphatic hydroxyl groups excluding tert-OH is 1. The molecule has 0 amide bonds. The maximum absolute atomic E-state index is 9.90. The summed E-state index contributed by atoms with van der Waals surface area (Å²) in [6.07, 6.45) is 0.273. The molecule has 1 unspecified atom stereocenters. The van der Waals surface area contributed by atoms with E-state index in [9.17, 15) is 5.11 Å². The Labute approximate surface area is 97.7 Å². The van der Waals surface area contributed by atoms with E-state index >= 15 is 0 Å². The summed E-state index contributed by atoms with van der Waals surface area (Å²) in [5, 5.41) is 17.4. The van der Waals surface area contributed by atoms with Crippen molar-refractivity contribution in [3.05, 3.63) is 17.5 Å². The zero-order valence-electron chi connectivity index (χ0n) is 10.9. The fourth-order valence-corrected chi connectivity index (χ4v) is 1.59. The zero-order chi connectivity index (χ0) is 12.3. The first kappa shape index (κ1) is 13.2. The highest BCUT2D eigenvalue weighted by molar-refractivity contribution is 5.09. The van der Waals surface area contributed by atoms with E-state index in [1.54, 1.807) is 0 Å². The lowest BCUT2D eigenvalue weighted by Gasteiger charge is -2.22. The topological polar surface area (TPSA) is 50.1 Å². The maximum Gasteiger partial charge on any atom is 0.0719 e. The second kappa shape index (κ2) is 4.97. The number of aromatic nitrogens is 2. The summed E-state index contributed by atoms with van der Waals surface area (Å²) in [6.45, 7) is 8.84. The molecule has 1 atom stereocenters. The Morgan fingerprint density at radius 3 is 2.56 bits per heavy atom. The third-order valence-electron chi connectivity index (χ3n) is 2.41. The van der Waals surface area contributed by atoms with Crippen molar-refractivity contribution in [2.75, 3.05) is 6.54 Å². The number of hydrogen-bond donors (Lipinski definition) is 2. The van der Waals surface area contributed by atoms with Gasteiger partial charge in [-0.25, -0.2) is 0 Å². The van der Waals surface area contributed by atoms with Gasteiger partial charge >= 0.3 is 0 Å². The molecule has 4 nitrogen and oxygen atoms in total. The highest BCUT2D eigenvalue weighted by Gasteiger charge is 2.14. The molecule has 1 rings (SSSR count). The molecule has 0 aromatic carbocycles. The normalized spacial score (nSPS) is 14.1. The molecule has 4 heteroatoms. The van der Waals surface area contributed by atoms with Crippen LogP contribution in [-0.4, -0.2) is 33.1 Å². The molecule has 0 bridgehead atoms. The van der Waals surface area contributed by atoms with Crippen molar-refractivity contribution in [3.8, 4) is 0 Å². The van der Waals surface area contributed by atoms with Gasteiger partial charge in [0.15, 0.2) is 0 Å². The predicted octanol–water partition coefficient (Wildman–Crippen LogP) is 1.02. The molecule has 0 saturated carbocycles. The fourth-order valence-electron chi connectivity index (χ4n) is 1.59. The van der Waals surface area contributed by atoms with Gasteiger partial charge in [-0.3, -0.25) is 4.68 Å². The van der Waals surface area contributed by atoms with Gasteiger partial charge in [-0.2, -0.15) is 5.10 Å². The van der Waals surface area contributed by atoms with Gasteiger partial charge in [0.25, 0.3) is 0 Å². The molecular weight excluding hydrogens is 202 g/mol. The SMILES string of the molecule is Cc1cc(CC(O)CNC(C)(C)C)n(C)n1. The molecule has 1 heterocycles. The van der Waals surface area contributed by atoms with Crippen LogP contribution in [0.2, 0.25) is 0 Å². The quantitative estimate of drug-likeness (QED) is 0.804. The summed E-state index contributed by atoms with van der Waals surface area (Å²) in [5.74, 6) is 0. The second-order valence-electron chi connectivity index (χ2n) is 5.39. The molecule has 0 fully saturated rings. The number of nitrogens with one attached hydrogen (secondary N) is 1. The first-order valence-electron chi connectivity index (χ1n) is 5.70. The van der Waals surface area contributed by atoms with E-state index < -0.39 is 0 Å². The average molecular weight is 225 g/mol. The predicted molar refractivity (Wildman–Crippen MR) is 65.4 cm³/mol. The Morgan fingerprint density at radius 2 is 2.12 bits per heavy atom. The van der Waals surface area contributed by atoms with Crippen molar-refractivity contribution in [2.45, 2.75) is 45.8 Å². The lowest BCUT2D eigenvalue weighted by molar-refractivity contribution is 0.158. The van der Waals surface area contributed by atoms with Crippen LogP contribution in [0.25, 0.3) is 0 Å². The van der Waals surface area contributed by atoms with Crippen LogP contribution in [0.4, 0.5) is 0 Å². The minimum Gasteiger partial charge on any atom is -0.391 e. The van der Waals surface area contributed by atoms with Gasteiger partial charge in [0, 0.05) is 31.2 Å². The Hall–Kier alpha value is -0.870. The third-order valence-corrected chi connectivity index (χ3v) is 2.41. The first-order valence-corrected chi connectivity index (χ1v) is 5.70. The molecule has 2 N–H and O–H groups in total. The maximum atomic E-state index is 9.90. The molecule has 92 valence electrons. The smallest absolute Gasteiger partial charge is 0.0719 e. The van der Waals surface area contributed by atoms with Gasteiger partial charge in [0.2, 0.25) is 0 Å². The number of nitrogens with zero attached hydrogens (tertiary/aromatic N) is 2. The van der Waals surface area contributed by atoms with Crippen LogP contribution in [0, 0.1) is 6.92 Å². The number of aryl methyl sites for hydroxylation is 2. The van der Waals surface area contributed by atoms with E-state index in [-0.39, 0.29) is 11.6 Å². The van der Waals surface area contributed by atoms with Crippen molar-refractivity contribution in [1.82, 2.24) is 15.1 Å². The van der Waals surface area contributed by atoms with Gasteiger partial charge in [-0.1, -0.05) is 0 Å². The van der Waals surface area contributed by atoms with E-state index in [4.69, 9.17) is 0 Å². The lowest BCUT2D eigenvalue weighted by Crippen LogP contribution is -2.41. The molecule has 0 saturated heterocycles. The number of rotatable bonds is 4. The Morgan fingerprint density at radius 1 is 1.50 bits per heavy atom. The largest absolute Gasteiger partial charge is 0.391 e. The summed E-state index contributed by atoms with van der Waals surface area (Å²) in [5.41, 5.74) is 2.11. The van der Waals surface area contributed by atoms with Crippen molar-refractivity contribution in [1.29, 1.82) is 0 Å². The van der Waals surface area contributed by atoms with Crippen molar-refractivity contribution in [2.24, 2.45) is 7.05 Å². The third kappa shape index (κ3) is 4.33. The molecule has 0 radical (unpaired) electrons. The van der Waals surface area contributed by atoms with Crippen molar-refractivity contribution in [3.63, 3.8) is 0 Å². The van der Waals surface area contributed by atoms with Gasteiger partial charge in [-0.05, 0) is 33.8 Å². The van der Waals surface area contributed by atoms with Crippen LogP contribution in [0.1, 0.15) is 32.2 Å². The summed E-state index contributed by atoms with van der Waals surface area (Å²) in [4.78, 5) is 0. The fraction of sp³-hybridized carbons (Fsp3) is 0.750. The van der Waals surface area contributed by atoms with Gasteiger partial charge in [-0.15, -0.1) is 0 Å². The van der Waals surface area contributed by atoms with E-state index in [0.717, 1.165) is 11.4 Å². The highest BCUT2D eigenvalue weighted by Crippen LogP contribution is 2.06. The van der Waals surface area contributed by atoms with E-state index in [1.807, 2.05) is 24.7 Å². The Balaban J connectivity index is 2.45. The lowest BCUT2D eigenvalue weighted by atomic mass is 10.1. The van der Waals surface area contributed by atoms with Crippen molar-refractivity contribution < 1.29 is 5.11 Å². The minimum absolute atomic E-state index is 0.0450. The molecule has 0 aliphatic heterocycles. The Kier molecular flexibility index (Phi) is 4.10.